The summed E-state index contributed by atoms with van der Waals surface area (Å²) in [5.74, 6) is 1.57. The van der Waals surface area contributed by atoms with E-state index in [0.29, 0.717) is 6.42 Å². The molecule has 1 atom stereocenters. The van der Waals surface area contributed by atoms with Crippen molar-refractivity contribution >= 4 is 23.4 Å². The van der Waals surface area contributed by atoms with E-state index in [2.05, 4.69) is 20.5 Å². The molecule has 26 heavy (non-hydrogen) atoms. The molecular formula is C19H16N4O2S. The van der Waals surface area contributed by atoms with Gasteiger partial charge in [-0.05, 0) is 48.9 Å². The van der Waals surface area contributed by atoms with Crippen LogP contribution in [0.25, 0.3) is 0 Å². The van der Waals surface area contributed by atoms with Crippen LogP contribution in [0.2, 0.25) is 0 Å². The zero-order valence-corrected chi connectivity index (χ0v) is 14.7. The van der Waals surface area contributed by atoms with Crippen LogP contribution in [-0.4, -0.2) is 21.0 Å². The van der Waals surface area contributed by atoms with Crippen LogP contribution in [0, 0.1) is 0 Å². The monoisotopic (exact) mass is 364 g/mol. The molecule has 0 radical (unpaired) electrons. The average Bonchev–Trinajstić information content (AvgIpc) is 3.30. The first kappa shape index (κ1) is 15.5. The van der Waals surface area contributed by atoms with Crippen molar-refractivity contribution < 1.29 is 9.21 Å². The fraction of sp³-hybridized carbons (Fsp3) is 0.211. The lowest BCUT2D eigenvalue weighted by atomic mass is 9.79. The third-order valence-corrected chi connectivity index (χ3v) is 5.60. The number of fused-ring (bicyclic) bond motifs is 1. The van der Waals surface area contributed by atoms with Gasteiger partial charge in [-0.15, -0.1) is 0 Å². The molecule has 0 saturated carbocycles. The Morgan fingerprint density at radius 3 is 3.04 bits per heavy atom. The third kappa shape index (κ3) is 2.55. The molecule has 4 heterocycles. The van der Waals surface area contributed by atoms with Crippen LogP contribution in [0.15, 0.2) is 68.5 Å². The standard InChI is InChI=1S/C19H16N4O2S/c24-13-5-3-4-12-18(13)17(11-10-21-23-19(11)22-12)14-7-8-16(25-14)26-15-6-1-2-9-20-15/h1-2,6-10,17H,3-5H2,(H2,21,22,23). The van der Waals surface area contributed by atoms with Crippen LogP contribution >= 0.6 is 11.8 Å². The molecule has 0 aromatic carbocycles. The van der Waals surface area contributed by atoms with Crippen LogP contribution in [0.1, 0.15) is 36.5 Å². The number of nitrogens with zero attached hydrogens (tertiary/aromatic N) is 2. The van der Waals surface area contributed by atoms with Gasteiger partial charge >= 0.3 is 0 Å². The molecular weight excluding hydrogens is 348 g/mol. The molecule has 3 aromatic rings. The summed E-state index contributed by atoms with van der Waals surface area (Å²) in [5, 5.41) is 12.1. The molecule has 0 spiro atoms. The topological polar surface area (TPSA) is 83.8 Å². The van der Waals surface area contributed by atoms with Crippen LogP contribution in [0.4, 0.5) is 5.82 Å². The van der Waals surface area contributed by atoms with E-state index < -0.39 is 0 Å². The van der Waals surface area contributed by atoms with E-state index >= 15 is 0 Å². The second-order valence-corrected chi connectivity index (χ2v) is 7.38. The molecule has 2 aliphatic rings. The van der Waals surface area contributed by atoms with Gasteiger partial charge in [-0.25, -0.2) is 4.98 Å². The van der Waals surface area contributed by atoms with Crippen molar-refractivity contribution in [3.05, 3.63) is 65.3 Å². The summed E-state index contributed by atoms with van der Waals surface area (Å²) >= 11 is 1.47. The number of nitrogens with one attached hydrogen (secondary N) is 2. The van der Waals surface area contributed by atoms with E-state index in [9.17, 15) is 4.79 Å². The summed E-state index contributed by atoms with van der Waals surface area (Å²) < 4.78 is 6.12. The predicted molar refractivity (Wildman–Crippen MR) is 97.0 cm³/mol. The Kier molecular flexibility index (Phi) is 3.67. The number of hydrogen-bond acceptors (Lipinski definition) is 6. The average molecular weight is 364 g/mol. The number of furan rings is 1. The normalized spacial score (nSPS) is 19.1. The zero-order chi connectivity index (χ0) is 17.5. The fourth-order valence-corrected chi connectivity index (χ4v) is 4.34. The highest BCUT2D eigenvalue weighted by Gasteiger charge is 2.37. The Hall–Kier alpha value is -2.80. The lowest BCUT2D eigenvalue weighted by Crippen LogP contribution is -2.26. The van der Waals surface area contributed by atoms with Crippen molar-refractivity contribution in [2.75, 3.05) is 5.32 Å². The molecule has 3 aromatic heterocycles. The Morgan fingerprint density at radius 1 is 1.19 bits per heavy atom. The smallest absolute Gasteiger partial charge is 0.166 e. The van der Waals surface area contributed by atoms with E-state index in [1.165, 1.54) is 11.8 Å². The molecule has 7 heteroatoms. The fourth-order valence-electron chi connectivity index (χ4n) is 3.60. The molecule has 2 N–H and O–H groups in total. The number of aromatic nitrogens is 3. The Balaban J connectivity index is 1.54. The molecule has 6 nitrogen and oxygen atoms in total. The minimum Gasteiger partial charge on any atom is -0.453 e. The van der Waals surface area contributed by atoms with Crippen molar-refractivity contribution in [2.24, 2.45) is 0 Å². The summed E-state index contributed by atoms with van der Waals surface area (Å²) in [4.78, 5) is 17.0. The zero-order valence-electron chi connectivity index (χ0n) is 13.9. The highest BCUT2D eigenvalue weighted by Crippen LogP contribution is 2.45. The molecule has 5 rings (SSSR count). The van der Waals surface area contributed by atoms with Crippen molar-refractivity contribution in [1.82, 2.24) is 15.2 Å². The van der Waals surface area contributed by atoms with Gasteiger partial charge in [0, 0.05) is 29.5 Å². The molecule has 130 valence electrons. The van der Waals surface area contributed by atoms with Gasteiger partial charge in [-0.2, -0.15) is 5.10 Å². The molecule has 1 unspecified atom stereocenters. The van der Waals surface area contributed by atoms with E-state index in [0.717, 1.165) is 51.4 Å². The highest BCUT2D eigenvalue weighted by molar-refractivity contribution is 7.99. The van der Waals surface area contributed by atoms with E-state index in [4.69, 9.17) is 4.42 Å². The van der Waals surface area contributed by atoms with Crippen LogP contribution in [0.3, 0.4) is 0 Å². The number of hydrogen-bond donors (Lipinski definition) is 2. The summed E-state index contributed by atoms with van der Waals surface area (Å²) in [7, 11) is 0. The quantitative estimate of drug-likeness (QED) is 0.727. The Bertz CT molecular complexity index is 1010. The molecule has 0 fully saturated rings. The first-order chi connectivity index (χ1) is 12.8. The van der Waals surface area contributed by atoms with E-state index in [-0.39, 0.29) is 11.7 Å². The molecule has 1 aliphatic carbocycles. The number of aromatic amines is 1. The van der Waals surface area contributed by atoms with Crippen LogP contribution in [0.5, 0.6) is 0 Å². The van der Waals surface area contributed by atoms with Gasteiger partial charge in [0.25, 0.3) is 0 Å². The Labute approximate surface area is 154 Å². The third-order valence-electron chi connectivity index (χ3n) is 4.73. The first-order valence-corrected chi connectivity index (χ1v) is 9.36. The van der Waals surface area contributed by atoms with E-state index in [1.807, 2.05) is 30.3 Å². The van der Waals surface area contributed by atoms with Gasteiger partial charge in [0.05, 0.1) is 12.1 Å². The maximum atomic E-state index is 12.7. The van der Waals surface area contributed by atoms with Crippen molar-refractivity contribution in [2.45, 2.75) is 35.3 Å². The lowest BCUT2D eigenvalue weighted by molar-refractivity contribution is -0.116. The number of H-pyrrole nitrogens is 1. The molecule has 0 bridgehead atoms. The van der Waals surface area contributed by atoms with Gasteiger partial charge in [0.2, 0.25) is 0 Å². The minimum absolute atomic E-state index is 0.186. The largest absolute Gasteiger partial charge is 0.453 e. The summed E-state index contributed by atoms with van der Waals surface area (Å²) in [6.07, 6.45) is 5.85. The first-order valence-electron chi connectivity index (χ1n) is 8.55. The highest BCUT2D eigenvalue weighted by atomic mass is 32.2. The van der Waals surface area contributed by atoms with E-state index in [1.54, 1.807) is 12.4 Å². The minimum atomic E-state index is -0.217. The number of allylic oxidation sites excluding steroid dienone is 2. The number of pyridine rings is 1. The maximum absolute atomic E-state index is 12.7. The second kappa shape index (κ2) is 6.17. The van der Waals surface area contributed by atoms with Gasteiger partial charge in [-0.1, -0.05) is 6.07 Å². The number of Topliss-reactive ketones (excluding diaryl/α,β-unsaturated/α-hetero) is 1. The van der Waals surface area contributed by atoms with Crippen molar-refractivity contribution in [3.63, 3.8) is 0 Å². The number of carbonyl (C=O) groups is 1. The van der Waals surface area contributed by atoms with Crippen LogP contribution in [-0.2, 0) is 4.79 Å². The molecule has 1 aliphatic heterocycles. The Morgan fingerprint density at radius 2 is 2.15 bits per heavy atom. The lowest BCUT2D eigenvalue weighted by Gasteiger charge is -2.30. The van der Waals surface area contributed by atoms with Gasteiger partial charge in [0.1, 0.15) is 16.6 Å². The number of ketones is 1. The number of carbonyl (C=O) groups excluding carboxylic acids is 1. The van der Waals surface area contributed by atoms with Crippen molar-refractivity contribution in [3.8, 4) is 0 Å². The van der Waals surface area contributed by atoms with Gasteiger partial charge in [-0.3, -0.25) is 9.89 Å². The summed E-state index contributed by atoms with van der Waals surface area (Å²) in [5.41, 5.74) is 2.75. The molecule has 0 saturated heterocycles. The summed E-state index contributed by atoms with van der Waals surface area (Å²) in [6.45, 7) is 0. The second-order valence-electron chi connectivity index (χ2n) is 6.35. The van der Waals surface area contributed by atoms with Crippen LogP contribution < -0.4 is 5.32 Å². The maximum Gasteiger partial charge on any atom is 0.166 e. The predicted octanol–water partition coefficient (Wildman–Crippen LogP) is 4.11. The number of rotatable bonds is 3. The van der Waals surface area contributed by atoms with Gasteiger partial charge < -0.3 is 9.73 Å². The number of anilines is 1. The molecule has 0 amide bonds. The SMILES string of the molecule is O=C1CCCC2=C1C(c1ccc(Sc3ccccn3)o1)c1cn[nH]c1N2. The van der Waals surface area contributed by atoms with Crippen molar-refractivity contribution in [1.29, 1.82) is 0 Å². The van der Waals surface area contributed by atoms with Gasteiger partial charge in [0.15, 0.2) is 10.9 Å². The summed E-state index contributed by atoms with van der Waals surface area (Å²) in [6, 6.07) is 9.66.